The lowest BCUT2D eigenvalue weighted by Crippen LogP contribution is -2.03. The summed E-state index contributed by atoms with van der Waals surface area (Å²) in [4.78, 5) is 0. The predicted octanol–water partition coefficient (Wildman–Crippen LogP) is 2.64. The Balaban J connectivity index is 1.96. The molecule has 1 aromatic rings. The van der Waals surface area contributed by atoms with Gasteiger partial charge in [0.2, 0.25) is 0 Å². The minimum Gasteiger partial charge on any atom is -0.384 e. The molecule has 0 aliphatic heterocycles. The number of hydrogen-bond acceptors (Lipinski definition) is 2. The number of nitrogens with zero attached hydrogens (tertiary/aromatic N) is 2. The van der Waals surface area contributed by atoms with Crippen LogP contribution in [0, 0.1) is 11.8 Å². The van der Waals surface area contributed by atoms with Gasteiger partial charge in [0.25, 0.3) is 0 Å². The van der Waals surface area contributed by atoms with E-state index < -0.39 is 0 Å². The summed E-state index contributed by atoms with van der Waals surface area (Å²) in [5.74, 6) is 4.05. The van der Waals surface area contributed by atoms with Crippen molar-refractivity contribution >= 4 is 5.82 Å². The van der Waals surface area contributed by atoms with Gasteiger partial charge in [0.15, 0.2) is 0 Å². The lowest BCUT2D eigenvalue weighted by molar-refractivity contribution is 0.586. The summed E-state index contributed by atoms with van der Waals surface area (Å²) in [6, 6.07) is 0. The van der Waals surface area contributed by atoms with E-state index in [2.05, 4.69) is 18.9 Å². The third kappa shape index (κ3) is 1.37. The van der Waals surface area contributed by atoms with E-state index in [0.717, 1.165) is 17.7 Å². The molecule has 0 bridgehead atoms. The summed E-state index contributed by atoms with van der Waals surface area (Å²) in [6.07, 6.45) is 4.16. The van der Waals surface area contributed by atoms with Gasteiger partial charge in [-0.3, -0.25) is 4.68 Å². The second-order valence-corrected chi connectivity index (χ2v) is 5.89. The molecular weight excluding hydrogens is 198 g/mol. The predicted molar refractivity (Wildman–Crippen MR) is 65.3 cm³/mol. The van der Waals surface area contributed by atoms with Crippen LogP contribution in [0.15, 0.2) is 0 Å². The molecule has 1 aromatic heterocycles. The van der Waals surface area contributed by atoms with E-state index in [1.54, 1.807) is 0 Å². The Bertz CT molecular complexity index is 409. The topological polar surface area (TPSA) is 43.8 Å². The van der Waals surface area contributed by atoms with Crippen molar-refractivity contribution in [3.05, 3.63) is 11.3 Å². The molecule has 0 amide bonds. The van der Waals surface area contributed by atoms with E-state index in [0.29, 0.717) is 11.8 Å². The molecule has 0 radical (unpaired) electrons. The molecule has 16 heavy (non-hydrogen) atoms. The number of nitrogen functional groups attached to an aromatic ring is 1. The van der Waals surface area contributed by atoms with E-state index in [9.17, 15) is 0 Å². The maximum absolute atomic E-state index is 6.12. The van der Waals surface area contributed by atoms with Gasteiger partial charge in [-0.25, -0.2) is 0 Å². The van der Waals surface area contributed by atoms with Gasteiger partial charge in [0, 0.05) is 18.5 Å². The first kappa shape index (κ1) is 10.2. The zero-order valence-corrected chi connectivity index (χ0v) is 10.4. The van der Waals surface area contributed by atoms with Crippen molar-refractivity contribution in [2.75, 3.05) is 5.73 Å². The van der Waals surface area contributed by atoms with Crippen molar-refractivity contribution in [1.29, 1.82) is 0 Å². The van der Waals surface area contributed by atoms with Crippen LogP contribution >= 0.6 is 0 Å². The van der Waals surface area contributed by atoms with Gasteiger partial charge in [-0.15, -0.1) is 0 Å². The van der Waals surface area contributed by atoms with Gasteiger partial charge >= 0.3 is 0 Å². The fraction of sp³-hybridized carbons (Fsp3) is 0.769. The second-order valence-electron chi connectivity index (χ2n) is 5.89. The molecule has 2 atom stereocenters. The lowest BCUT2D eigenvalue weighted by Gasteiger charge is -2.13. The molecule has 0 spiro atoms. The van der Waals surface area contributed by atoms with Crippen LogP contribution in [0.3, 0.4) is 0 Å². The Morgan fingerprint density at radius 3 is 2.44 bits per heavy atom. The van der Waals surface area contributed by atoms with Crippen LogP contribution in [0.4, 0.5) is 5.82 Å². The third-order valence-electron chi connectivity index (χ3n) is 4.37. The fourth-order valence-corrected chi connectivity index (χ4v) is 3.41. The molecule has 3 nitrogen and oxygen atoms in total. The van der Waals surface area contributed by atoms with E-state index >= 15 is 0 Å². The van der Waals surface area contributed by atoms with Crippen LogP contribution in [0.2, 0.25) is 0 Å². The number of aromatic nitrogens is 2. The van der Waals surface area contributed by atoms with Gasteiger partial charge in [-0.2, -0.15) is 5.10 Å². The number of nitrogens with two attached hydrogens (primary N) is 1. The van der Waals surface area contributed by atoms with E-state index in [-0.39, 0.29) is 0 Å². The smallest absolute Gasteiger partial charge is 0.125 e. The Hall–Kier alpha value is -0.990. The minimum absolute atomic E-state index is 0.487. The van der Waals surface area contributed by atoms with Crippen molar-refractivity contribution in [2.45, 2.75) is 44.9 Å². The number of aryl methyl sites for hydroxylation is 1. The summed E-state index contributed by atoms with van der Waals surface area (Å²) >= 11 is 0. The molecule has 2 aliphatic rings. The standard InChI is InChI=1S/C13H21N3/c1-7(2)11-12(15-16(3)13(11)14)10-5-8-4-9(8)6-10/h7-10H,4-6,14H2,1-3H3. The van der Waals surface area contributed by atoms with Crippen molar-refractivity contribution in [1.82, 2.24) is 9.78 Å². The molecular formula is C13H21N3. The van der Waals surface area contributed by atoms with Gasteiger partial charge in [0.1, 0.15) is 5.82 Å². The lowest BCUT2D eigenvalue weighted by atomic mass is 9.92. The Kier molecular flexibility index (Phi) is 2.07. The summed E-state index contributed by atoms with van der Waals surface area (Å²) in [5.41, 5.74) is 8.71. The maximum atomic E-state index is 6.12. The average molecular weight is 219 g/mol. The normalized spacial score (nSPS) is 32.1. The highest BCUT2D eigenvalue weighted by molar-refractivity contribution is 5.47. The molecule has 2 unspecified atom stereocenters. The average Bonchev–Trinajstić information content (AvgIpc) is 2.69. The number of rotatable bonds is 2. The molecule has 3 rings (SSSR count). The number of fused-ring (bicyclic) bond motifs is 1. The highest BCUT2D eigenvalue weighted by Gasteiger charge is 2.47. The summed E-state index contributed by atoms with van der Waals surface area (Å²) in [6.45, 7) is 4.43. The molecule has 2 fully saturated rings. The van der Waals surface area contributed by atoms with Crippen LogP contribution in [0.1, 0.15) is 56.2 Å². The van der Waals surface area contributed by atoms with Crippen LogP contribution in [0.25, 0.3) is 0 Å². The second kappa shape index (κ2) is 3.25. The first-order valence-electron chi connectivity index (χ1n) is 6.40. The minimum atomic E-state index is 0.487. The first-order valence-corrected chi connectivity index (χ1v) is 6.40. The van der Waals surface area contributed by atoms with E-state index in [1.807, 2.05) is 11.7 Å². The van der Waals surface area contributed by atoms with Gasteiger partial charge in [-0.05, 0) is 37.0 Å². The molecule has 1 heterocycles. The van der Waals surface area contributed by atoms with Gasteiger partial charge < -0.3 is 5.73 Å². The zero-order valence-electron chi connectivity index (χ0n) is 10.4. The van der Waals surface area contributed by atoms with Crippen molar-refractivity contribution in [2.24, 2.45) is 18.9 Å². The SMILES string of the molecule is CC(C)c1c(C2CC3CC3C2)nn(C)c1N. The van der Waals surface area contributed by atoms with Crippen LogP contribution in [0.5, 0.6) is 0 Å². The highest BCUT2D eigenvalue weighted by Crippen LogP contribution is 2.58. The maximum Gasteiger partial charge on any atom is 0.125 e. The monoisotopic (exact) mass is 219 g/mol. The fourth-order valence-electron chi connectivity index (χ4n) is 3.41. The van der Waals surface area contributed by atoms with Gasteiger partial charge in [0.05, 0.1) is 5.69 Å². The highest BCUT2D eigenvalue weighted by atomic mass is 15.3. The molecule has 88 valence electrons. The largest absolute Gasteiger partial charge is 0.384 e. The molecule has 0 saturated heterocycles. The number of anilines is 1. The molecule has 2 aliphatic carbocycles. The molecule has 3 heteroatoms. The molecule has 0 aromatic carbocycles. The van der Waals surface area contributed by atoms with Crippen LogP contribution in [-0.2, 0) is 7.05 Å². The third-order valence-corrected chi connectivity index (χ3v) is 4.37. The van der Waals surface area contributed by atoms with E-state index in [4.69, 9.17) is 5.73 Å². The van der Waals surface area contributed by atoms with Crippen LogP contribution in [-0.4, -0.2) is 9.78 Å². The van der Waals surface area contributed by atoms with Crippen molar-refractivity contribution in [3.8, 4) is 0 Å². The van der Waals surface area contributed by atoms with Crippen LogP contribution < -0.4 is 5.73 Å². The quantitative estimate of drug-likeness (QED) is 0.831. The summed E-state index contributed by atoms with van der Waals surface area (Å²) < 4.78 is 1.86. The van der Waals surface area contributed by atoms with Gasteiger partial charge in [-0.1, -0.05) is 13.8 Å². The van der Waals surface area contributed by atoms with Crippen molar-refractivity contribution in [3.63, 3.8) is 0 Å². The van der Waals surface area contributed by atoms with Crippen molar-refractivity contribution < 1.29 is 0 Å². The van der Waals surface area contributed by atoms with E-state index in [1.165, 1.54) is 30.5 Å². The Labute approximate surface area is 97.0 Å². The summed E-state index contributed by atoms with van der Waals surface area (Å²) in [5, 5.41) is 4.66. The number of hydrogen-bond donors (Lipinski definition) is 1. The first-order chi connectivity index (χ1) is 7.58. The zero-order chi connectivity index (χ0) is 11.4. The Morgan fingerprint density at radius 2 is 1.88 bits per heavy atom. The summed E-state index contributed by atoms with van der Waals surface area (Å²) in [7, 11) is 1.96. The Morgan fingerprint density at radius 1 is 1.25 bits per heavy atom. The molecule has 2 saturated carbocycles. The molecule has 2 N–H and O–H groups in total.